The highest BCUT2D eigenvalue weighted by Gasteiger charge is 2.54. The monoisotopic (exact) mass is 253 g/mol. The number of likely N-dealkylation sites (N-methyl/N-ethyl adjacent to an activating group) is 1. The Hall–Kier alpha value is -0.650. The van der Waals surface area contributed by atoms with E-state index in [0.29, 0.717) is 12.0 Å². The zero-order chi connectivity index (χ0) is 12.9. The number of nitrogens with zero attached hydrogens (tertiary/aromatic N) is 2. The third-order valence-electron chi connectivity index (χ3n) is 5.24. The molecule has 4 heterocycles. The molecular weight excluding hydrogens is 230 g/mol. The molecule has 0 radical (unpaired) electrons. The van der Waals surface area contributed by atoms with Crippen molar-refractivity contribution in [3.05, 3.63) is 0 Å². The number of fused-ring (bicyclic) bond motifs is 2. The summed E-state index contributed by atoms with van der Waals surface area (Å²) in [7, 11) is 3.51. The lowest BCUT2D eigenvalue weighted by molar-refractivity contribution is -0.144. The van der Waals surface area contributed by atoms with E-state index in [4.69, 9.17) is 10.5 Å². The molecule has 4 fully saturated rings. The van der Waals surface area contributed by atoms with Gasteiger partial charge < -0.3 is 10.5 Å². The van der Waals surface area contributed by atoms with Gasteiger partial charge in [-0.15, -0.1) is 0 Å². The SMILES string of the molecule is COC(=O)C(N)C1C2C(CN1C)C1CCN2CC1. The number of carbonyl (C=O) groups excluding carboxylic acids is 1. The van der Waals surface area contributed by atoms with Gasteiger partial charge in [-0.05, 0) is 44.8 Å². The van der Waals surface area contributed by atoms with Crippen LogP contribution in [-0.2, 0) is 9.53 Å². The van der Waals surface area contributed by atoms with Gasteiger partial charge in [-0.2, -0.15) is 0 Å². The second-order valence-electron chi connectivity index (χ2n) is 6.01. The molecule has 4 atom stereocenters. The maximum atomic E-state index is 11.7. The molecule has 18 heavy (non-hydrogen) atoms. The smallest absolute Gasteiger partial charge is 0.324 e. The number of esters is 1. The van der Waals surface area contributed by atoms with Gasteiger partial charge >= 0.3 is 5.97 Å². The van der Waals surface area contributed by atoms with Crippen LogP contribution in [0.15, 0.2) is 0 Å². The number of likely N-dealkylation sites (tertiary alicyclic amines) is 1. The Bertz CT molecular complexity index is 341. The van der Waals surface area contributed by atoms with Crippen molar-refractivity contribution < 1.29 is 9.53 Å². The van der Waals surface area contributed by atoms with Gasteiger partial charge in [-0.3, -0.25) is 14.6 Å². The highest BCUT2D eigenvalue weighted by molar-refractivity contribution is 5.76. The van der Waals surface area contributed by atoms with Crippen LogP contribution in [0.25, 0.3) is 0 Å². The summed E-state index contributed by atoms with van der Waals surface area (Å²) in [4.78, 5) is 16.5. The Labute approximate surface area is 108 Å². The van der Waals surface area contributed by atoms with E-state index >= 15 is 0 Å². The molecule has 4 rings (SSSR count). The van der Waals surface area contributed by atoms with Crippen molar-refractivity contribution in [2.75, 3.05) is 33.8 Å². The van der Waals surface area contributed by atoms with Crippen molar-refractivity contribution in [3.8, 4) is 0 Å². The van der Waals surface area contributed by atoms with Gasteiger partial charge in [0.05, 0.1) is 13.2 Å². The minimum Gasteiger partial charge on any atom is -0.468 e. The Morgan fingerprint density at radius 2 is 2.06 bits per heavy atom. The summed E-state index contributed by atoms with van der Waals surface area (Å²) in [5.74, 6) is 1.24. The minimum absolute atomic E-state index is 0.116. The molecule has 0 aromatic heterocycles. The normalized spacial score (nSPS) is 44.7. The summed E-state index contributed by atoms with van der Waals surface area (Å²) in [5, 5.41) is 0. The van der Waals surface area contributed by atoms with Gasteiger partial charge in [0.2, 0.25) is 0 Å². The van der Waals surface area contributed by atoms with Gasteiger partial charge in [-0.1, -0.05) is 0 Å². The quantitative estimate of drug-likeness (QED) is 0.673. The summed E-state index contributed by atoms with van der Waals surface area (Å²) >= 11 is 0. The first-order valence-corrected chi connectivity index (χ1v) is 6.91. The fourth-order valence-electron chi connectivity index (χ4n) is 4.40. The molecule has 0 aromatic carbocycles. The molecule has 0 aromatic rings. The number of hydrogen-bond donors (Lipinski definition) is 1. The summed E-state index contributed by atoms with van der Waals surface area (Å²) in [6.07, 6.45) is 2.63. The standard InChI is InChI=1S/C13H23N3O2/c1-15-7-9-8-3-5-16(6-4-8)11(9)12(15)10(14)13(17)18-2/h8-12H,3-7,14H2,1-2H3. The fraction of sp³-hybridized carbons (Fsp3) is 0.923. The van der Waals surface area contributed by atoms with Crippen molar-refractivity contribution in [1.29, 1.82) is 0 Å². The first-order chi connectivity index (χ1) is 8.63. The second kappa shape index (κ2) is 4.47. The molecule has 2 bridgehead atoms. The summed E-state index contributed by atoms with van der Waals surface area (Å²) < 4.78 is 4.82. The van der Waals surface area contributed by atoms with Gasteiger partial charge in [0.15, 0.2) is 0 Å². The van der Waals surface area contributed by atoms with Gasteiger partial charge in [0, 0.05) is 12.6 Å². The molecule has 0 amide bonds. The van der Waals surface area contributed by atoms with E-state index in [2.05, 4.69) is 16.8 Å². The molecule has 4 saturated heterocycles. The minimum atomic E-state index is -0.519. The van der Waals surface area contributed by atoms with E-state index < -0.39 is 6.04 Å². The third-order valence-corrected chi connectivity index (χ3v) is 5.24. The number of hydrogen-bond acceptors (Lipinski definition) is 5. The van der Waals surface area contributed by atoms with Crippen LogP contribution in [-0.4, -0.2) is 67.7 Å². The van der Waals surface area contributed by atoms with Crippen molar-refractivity contribution in [3.63, 3.8) is 0 Å². The summed E-state index contributed by atoms with van der Waals surface area (Å²) in [6.45, 7) is 3.41. The summed E-state index contributed by atoms with van der Waals surface area (Å²) in [6, 6.07) is 0.0523. The topological polar surface area (TPSA) is 58.8 Å². The molecule has 0 aliphatic carbocycles. The Kier molecular flexibility index (Phi) is 3.08. The van der Waals surface area contributed by atoms with Crippen LogP contribution in [0.2, 0.25) is 0 Å². The van der Waals surface area contributed by atoms with Gasteiger partial charge in [0.25, 0.3) is 0 Å². The van der Waals surface area contributed by atoms with Crippen LogP contribution < -0.4 is 5.73 Å². The van der Waals surface area contributed by atoms with Crippen LogP contribution in [0.4, 0.5) is 0 Å². The molecule has 0 saturated carbocycles. The molecule has 102 valence electrons. The predicted molar refractivity (Wildman–Crippen MR) is 68.0 cm³/mol. The Morgan fingerprint density at radius 3 is 2.67 bits per heavy atom. The van der Waals surface area contributed by atoms with E-state index in [0.717, 1.165) is 12.5 Å². The molecule has 4 aliphatic rings. The molecule has 4 unspecified atom stereocenters. The lowest BCUT2D eigenvalue weighted by atomic mass is 9.73. The van der Waals surface area contributed by atoms with E-state index in [1.807, 2.05) is 0 Å². The lowest BCUT2D eigenvalue weighted by Gasteiger charge is -2.50. The number of nitrogens with two attached hydrogens (primary N) is 1. The highest BCUT2D eigenvalue weighted by Crippen LogP contribution is 2.44. The molecular formula is C13H23N3O2. The average Bonchev–Trinajstić information content (AvgIpc) is 2.77. The molecule has 5 heteroatoms. The van der Waals surface area contributed by atoms with E-state index in [9.17, 15) is 4.79 Å². The van der Waals surface area contributed by atoms with Gasteiger partial charge in [0.1, 0.15) is 6.04 Å². The third kappa shape index (κ3) is 1.68. The maximum absolute atomic E-state index is 11.7. The van der Waals surface area contributed by atoms with E-state index in [-0.39, 0.29) is 12.0 Å². The Morgan fingerprint density at radius 1 is 1.39 bits per heavy atom. The molecule has 4 aliphatic heterocycles. The number of carbonyl (C=O) groups is 1. The number of methoxy groups -OCH3 is 1. The second-order valence-corrected chi connectivity index (χ2v) is 6.01. The molecule has 5 nitrogen and oxygen atoms in total. The largest absolute Gasteiger partial charge is 0.468 e. The fourth-order valence-corrected chi connectivity index (χ4v) is 4.40. The van der Waals surface area contributed by atoms with Crippen molar-refractivity contribution >= 4 is 5.97 Å². The molecule has 0 spiro atoms. The van der Waals surface area contributed by atoms with Crippen LogP contribution in [0.1, 0.15) is 12.8 Å². The zero-order valence-electron chi connectivity index (χ0n) is 11.2. The van der Waals surface area contributed by atoms with E-state index in [1.54, 1.807) is 0 Å². The average molecular weight is 253 g/mol. The number of ether oxygens (including phenoxy) is 1. The van der Waals surface area contributed by atoms with Crippen LogP contribution in [0, 0.1) is 11.8 Å². The number of piperidine rings is 3. The Balaban J connectivity index is 1.84. The predicted octanol–water partition coefficient (Wildman–Crippen LogP) is -0.489. The van der Waals surface area contributed by atoms with E-state index in [1.165, 1.54) is 33.0 Å². The van der Waals surface area contributed by atoms with Crippen LogP contribution in [0.3, 0.4) is 0 Å². The van der Waals surface area contributed by atoms with Gasteiger partial charge in [-0.25, -0.2) is 0 Å². The van der Waals surface area contributed by atoms with Crippen molar-refractivity contribution in [2.45, 2.75) is 31.0 Å². The maximum Gasteiger partial charge on any atom is 0.324 e. The van der Waals surface area contributed by atoms with Crippen molar-refractivity contribution in [2.24, 2.45) is 17.6 Å². The summed E-state index contributed by atoms with van der Waals surface area (Å²) in [5.41, 5.74) is 6.12. The first-order valence-electron chi connectivity index (χ1n) is 6.91. The van der Waals surface area contributed by atoms with Crippen LogP contribution >= 0.6 is 0 Å². The first kappa shape index (κ1) is 12.4. The van der Waals surface area contributed by atoms with Crippen LogP contribution in [0.5, 0.6) is 0 Å². The zero-order valence-corrected chi connectivity index (χ0v) is 11.2. The number of rotatable bonds is 2. The highest BCUT2D eigenvalue weighted by atomic mass is 16.5. The van der Waals surface area contributed by atoms with Crippen molar-refractivity contribution in [1.82, 2.24) is 9.80 Å². The lowest BCUT2D eigenvalue weighted by Crippen LogP contribution is -2.62. The molecule has 2 N–H and O–H groups in total.